The summed E-state index contributed by atoms with van der Waals surface area (Å²) in [5.41, 5.74) is 1.10. The van der Waals surface area contributed by atoms with Crippen molar-refractivity contribution in [2.75, 3.05) is 27.4 Å². The molecule has 1 aliphatic heterocycles. The smallest absolute Gasteiger partial charge is 0.360 e. The molecule has 1 saturated heterocycles. The second kappa shape index (κ2) is 6.12. The minimum Gasteiger partial charge on any atom is -0.464 e. The van der Waals surface area contributed by atoms with Gasteiger partial charge < -0.3 is 14.8 Å². The summed E-state index contributed by atoms with van der Waals surface area (Å²) in [4.78, 5) is 11.8. The van der Waals surface area contributed by atoms with Crippen LogP contribution in [-0.2, 0) is 9.47 Å². The van der Waals surface area contributed by atoms with Gasteiger partial charge in [0.25, 0.3) is 0 Å². The largest absolute Gasteiger partial charge is 0.464 e. The molecule has 1 aromatic heterocycles. The monoisotopic (exact) mass is 268 g/mol. The number of nitrogens with one attached hydrogen (secondary N) is 1. The van der Waals surface area contributed by atoms with Crippen molar-refractivity contribution in [2.24, 2.45) is 0 Å². The molecule has 19 heavy (non-hydrogen) atoms. The molecule has 0 spiro atoms. The Morgan fingerprint density at radius 3 is 2.95 bits per heavy atom. The molecule has 2 heterocycles. The van der Waals surface area contributed by atoms with Gasteiger partial charge in [0.05, 0.1) is 31.5 Å². The molecule has 1 N–H and O–H groups in total. The Balaban J connectivity index is 2.37. The molecule has 7 nitrogen and oxygen atoms in total. The van der Waals surface area contributed by atoms with Gasteiger partial charge in [-0.2, -0.15) is 0 Å². The van der Waals surface area contributed by atoms with Crippen LogP contribution in [0.3, 0.4) is 0 Å². The van der Waals surface area contributed by atoms with Gasteiger partial charge in [-0.05, 0) is 26.3 Å². The highest BCUT2D eigenvalue weighted by Gasteiger charge is 2.30. The molecule has 1 aromatic rings. The van der Waals surface area contributed by atoms with E-state index in [0.29, 0.717) is 12.3 Å². The fourth-order valence-corrected chi connectivity index (χ4v) is 2.42. The molecule has 0 saturated carbocycles. The minimum atomic E-state index is -0.445. The van der Waals surface area contributed by atoms with Crippen LogP contribution in [0.1, 0.15) is 48.0 Å². The van der Waals surface area contributed by atoms with Gasteiger partial charge in [-0.1, -0.05) is 5.21 Å². The number of hydrogen-bond acceptors (Lipinski definition) is 6. The van der Waals surface area contributed by atoms with Crippen LogP contribution < -0.4 is 5.32 Å². The van der Waals surface area contributed by atoms with Crippen LogP contribution in [0.25, 0.3) is 0 Å². The van der Waals surface area contributed by atoms with E-state index in [-0.39, 0.29) is 12.1 Å². The zero-order valence-corrected chi connectivity index (χ0v) is 11.5. The molecule has 0 aliphatic carbocycles. The summed E-state index contributed by atoms with van der Waals surface area (Å²) in [7, 11) is 2.99. The van der Waals surface area contributed by atoms with E-state index in [4.69, 9.17) is 9.47 Å². The number of aromatic nitrogens is 3. The Kier molecular flexibility index (Phi) is 4.49. The van der Waals surface area contributed by atoms with E-state index in [9.17, 15) is 4.79 Å². The second-order valence-electron chi connectivity index (χ2n) is 4.71. The number of carbonyl (C=O) groups is 1. The predicted molar refractivity (Wildman–Crippen MR) is 67.9 cm³/mol. The highest BCUT2D eigenvalue weighted by Crippen LogP contribution is 2.27. The molecule has 106 valence electrons. The minimum absolute atomic E-state index is 0.0216. The van der Waals surface area contributed by atoms with E-state index in [1.807, 2.05) is 6.92 Å². The highest BCUT2D eigenvalue weighted by atomic mass is 16.5. The normalized spacial score (nSPS) is 20.5. The van der Waals surface area contributed by atoms with Crippen molar-refractivity contribution in [1.29, 1.82) is 0 Å². The molecular formula is C12H20N4O3. The van der Waals surface area contributed by atoms with Crippen molar-refractivity contribution in [3.63, 3.8) is 0 Å². The first-order valence-electron chi connectivity index (χ1n) is 6.44. The maximum absolute atomic E-state index is 11.8. The first-order valence-corrected chi connectivity index (χ1v) is 6.44. The van der Waals surface area contributed by atoms with E-state index >= 15 is 0 Å². The predicted octanol–water partition coefficient (Wildman–Crippen LogP) is 0.697. The van der Waals surface area contributed by atoms with E-state index in [1.54, 1.807) is 11.8 Å². The maximum Gasteiger partial charge on any atom is 0.360 e. The van der Waals surface area contributed by atoms with Gasteiger partial charge in [0.2, 0.25) is 0 Å². The van der Waals surface area contributed by atoms with Crippen molar-refractivity contribution >= 4 is 5.97 Å². The van der Waals surface area contributed by atoms with Crippen LogP contribution in [-0.4, -0.2) is 48.3 Å². The van der Waals surface area contributed by atoms with Gasteiger partial charge >= 0.3 is 5.97 Å². The van der Waals surface area contributed by atoms with Gasteiger partial charge in [-0.15, -0.1) is 5.10 Å². The zero-order chi connectivity index (χ0) is 13.8. The quantitative estimate of drug-likeness (QED) is 0.792. The average Bonchev–Trinajstić information content (AvgIpc) is 3.06. The first-order chi connectivity index (χ1) is 9.19. The van der Waals surface area contributed by atoms with E-state index in [1.165, 1.54) is 7.11 Å². The molecule has 2 atom stereocenters. The Morgan fingerprint density at radius 1 is 1.58 bits per heavy atom. The average molecular weight is 268 g/mol. The van der Waals surface area contributed by atoms with Gasteiger partial charge in [-0.3, -0.25) is 0 Å². The van der Waals surface area contributed by atoms with Crippen LogP contribution >= 0.6 is 0 Å². The van der Waals surface area contributed by atoms with Crippen molar-refractivity contribution < 1.29 is 14.3 Å². The Hall–Kier alpha value is -1.47. The Labute approximate surface area is 112 Å². The lowest BCUT2D eigenvalue weighted by molar-refractivity contribution is 0.0591. The number of esters is 1. The Bertz CT molecular complexity index is 440. The number of ether oxygens (including phenoxy) is 2. The summed E-state index contributed by atoms with van der Waals surface area (Å²) >= 11 is 0. The summed E-state index contributed by atoms with van der Waals surface area (Å²) in [6.07, 6.45) is 2.05. The standard InChI is InChI=1S/C12H20N4O3/c1-8(7-18-2)16-11(9-5-4-6-13-9)10(14-15-16)12(17)19-3/h8-9,13H,4-7H2,1-3H3. The van der Waals surface area contributed by atoms with Crippen molar-refractivity contribution in [3.05, 3.63) is 11.4 Å². The van der Waals surface area contributed by atoms with Crippen molar-refractivity contribution in [1.82, 2.24) is 20.3 Å². The van der Waals surface area contributed by atoms with Crippen LogP contribution in [0.5, 0.6) is 0 Å². The molecule has 0 aromatic carbocycles. The number of nitrogens with zero attached hydrogens (tertiary/aromatic N) is 3. The maximum atomic E-state index is 11.8. The molecule has 0 bridgehead atoms. The fourth-order valence-electron chi connectivity index (χ4n) is 2.42. The fraction of sp³-hybridized carbons (Fsp3) is 0.750. The first kappa shape index (κ1) is 14.0. The summed E-state index contributed by atoms with van der Waals surface area (Å²) in [6.45, 7) is 3.44. The van der Waals surface area contributed by atoms with Gasteiger partial charge in [-0.25, -0.2) is 9.48 Å². The van der Waals surface area contributed by atoms with Crippen molar-refractivity contribution in [3.8, 4) is 0 Å². The highest BCUT2D eigenvalue weighted by molar-refractivity contribution is 5.88. The lowest BCUT2D eigenvalue weighted by Gasteiger charge is -2.18. The van der Waals surface area contributed by atoms with Crippen LogP contribution in [0.4, 0.5) is 0 Å². The van der Waals surface area contributed by atoms with Crippen molar-refractivity contribution in [2.45, 2.75) is 31.8 Å². The van der Waals surface area contributed by atoms with E-state index < -0.39 is 5.97 Å². The molecule has 0 amide bonds. The van der Waals surface area contributed by atoms with E-state index in [2.05, 4.69) is 15.6 Å². The lowest BCUT2D eigenvalue weighted by atomic mass is 10.1. The Morgan fingerprint density at radius 2 is 2.37 bits per heavy atom. The number of hydrogen-bond donors (Lipinski definition) is 1. The summed E-state index contributed by atoms with van der Waals surface area (Å²) < 4.78 is 11.7. The van der Waals surface area contributed by atoms with Crippen LogP contribution in [0.2, 0.25) is 0 Å². The van der Waals surface area contributed by atoms with Gasteiger partial charge in [0, 0.05) is 7.11 Å². The molecule has 2 rings (SSSR count). The third kappa shape index (κ3) is 2.76. The SMILES string of the molecule is COCC(C)n1nnc(C(=O)OC)c1C1CCCN1. The van der Waals surface area contributed by atoms with Gasteiger partial charge in [0.1, 0.15) is 0 Å². The summed E-state index contributed by atoms with van der Waals surface area (Å²) in [5, 5.41) is 11.4. The topological polar surface area (TPSA) is 78.3 Å². The lowest BCUT2D eigenvalue weighted by Crippen LogP contribution is -2.23. The van der Waals surface area contributed by atoms with Gasteiger partial charge in [0.15, 0.2) is 5.69 Å². The third-order valence-electron chi connectivity index (χ3n) is 3.33. The molecule has 2 unspecified atom stereocenters. The number of methoxy groups -OCH3 is 2. The summed E-state index contributed by atoms with van der Waals surface area (Å²) in [6, 6.07) is 0.122. The summed E-state index contributed by atoms with van der Waals surface area (Å²) in [5.74, 6) is -0.445. The third-order valence-corrected chi connectivity index (χ3v) is 3.33. The number of carbonyl (C=O) groups excluding carboxylic acids is 1. The van der Waals surface area contributed by atoms with Crippen LogP contribution in [0, 0.1) is 0 Å². The molecule has 1 fully saturated rings. The molecule has 0 radical (unpaired) electrons. The second-order valence-corrected chi connectivity index (χ2v) is 4.71. The molecular weight excluding hydrogens is 248 g/mol. The molecule has 7 heteroatoms. The zero-order valence-electron chi connectivity index (χ0n) is 11.5. The van der Waals surface area contributed by atoms with Crippen LogP contribution in [0.15, 0.2) is 0 Å². The number of rotatable bonds is 5. The molecule has 1 aliphatic rings. The van der Waals surface area contributed by atoms with E-state index in [0.717, 1.165) is 25.1 Å².